The molecule has 1 aliphatic heterocycles. The van der Waals surface area contributed by atoms with Gasteiger partial charge in [0.1, 0.15) is 0 Å². The number of nitrogens with two attached hydrogens (primary N) is 1. The van der Waals surface area contributed by atoms with Gasteiger partial charge < -0.3 is 10.6 Å². The van der Waals surface area contributed by atoms with E-state index in [2.05, 4.69) is 32.0 Å². The van der Waals surface area contributed by atoms with Crippen LogP contribution < -0.4 is 5.73 Å². The maximum absolute atomic E-state index is 12.6. The maximum atomic E-state index is 12.6. The average molecular weight is 274 g/mol. The molecule has 2 N–H and O–H groups in total. The van der Waals surface area contributed by atoms with Crippen LogP contribution in [0.4, 0.5) is 0 Å². The van der Waals surface area contributed by atoms with Gasteiger partial charge in [-0.2, -0.15) is 0 Å². The first-order chi connectivity index (χ1) is 9.63. The van der Waals surface area contributed by atoms with Crippen LogP contribution in [-0.4, -0.2) is 30.4 Å². The molecule has 1 saturated heterocycles. The van der Waals surface area contributed by atoms with Gasteiger partial charge in [-0.25, -0.2) is 0 Å². The van der Waals surface area contributed by atoms with Crippen LogP contribution >= 0.6 is 0 Å². The van der Waals surface area contributed by atoms with Crippen molar-refractivity contribution in [3.63, 3.8) is 0 Å². The van der Waals surface area contributed by atoms with Gasteiger partial charge in [-0.15, -0.1) is 0 Å². The Morgan fingerprint density at radius 3 is 2.60 bits per heavy atom. The number of rotatable bonds is 4. The van der Waals surface area contributed by atoms with Gasteiger partial charge >= 0.3 is 0 Å². The van der Waals surface area contributed by atoms with Crippen molar-refractivity contribution in [2.24, 2.45) is 11.7 Å². The molecule has 3 heteroatoms. The summed E-state index contributed by atoms with van der Waals surface area (Å²) in [6, 6.07) is 6.30. The molecule has 0 aromatic heterocycles. The molecule has 1 aliphatic rings. The van der Waals surface area contributed by atoms with Crippen LogP contribution in [0, 0.1) is 19.8 Å². The van der Waals surface area contributed by atoms with E-state index in [1.807, 2.05) is 4.90 Å². The first kappa shape index (κ1) is 15.0. The fraction of sp³-hybridized carbons (Fsp3) is 0.588. The van der Waals surface area contributed by atoms with E-state index < -0.39 is 0 Å². The molecule has 1 aromatic rings. The molecule has 1 fully saturated rings. The zero-order valence-corrected chi connectivity index (χ0v) is 12.7. The summed E-state index contributed by atoms with van der Waals surface area (Å²) in [4.78, 5) is 14.6. The molecule has 2 rings (SSSR count). The highest BCUT2D eigenvalue weighted by atomic mass is 16.2. The first-order valence-electron chi connectivity index (χ1n) is 7.67. The summed E-state index contributed by atoms with van der Waals surface area (Å²) in [5.41, 5.74) is 9.69. The van der Waals surface area contributed by atoms with Crippen molar-refractivity contribution < 1.29 is 4.79 Å². The van der Waals surface area contributed by atoms with E-state index in [1.165, 1.54) is 23.1 Å². The van der Waals surface area contributed by atoms with E-state index >= 15 is 0 Å². The van der Waals surface area contributed by atoms with Crippen LogP contribution in [0.2, 0.25) is 0 Å². The van der Waals surface area contributed by atoms with Crippen molar-refractivity contribution in [1.29, 1.82) is 0 Å². The quantitative estimate of drug-likeness (QED) is 0.916. The van der Waals surface area contributed by atoms with Gasteiger partial charge in [-0.05, 0) is 56.2 Å². The van der Waals surface area contributed by atoms with E-state index in [-0.39, 0.29) is 11.8 Å². The molecule has 110 valence electrons. The normalized spacial score (nSPS) is 17.1. The molecule has 1 atom stereocenters. The summed E-state index contributed by atoms with van der Waals surface area (Å²) in [6.07, 6.45) is 4.27. The molecule has 0 saturated carbocycles. The number of nitrogens with zero attached hydrogens (tertiary/aromatic N) is 1. The lowest BCUT2D eigenvalue weighted by Gasteiger charge is -2.30. The number of carbonyl (C=O) groups excluding carboxylic acids is 1. The molecule has 1 heterocycles. The summed E-state index contributed by atoms with van der Waals surface area (Å²) in [7, 11) is 0. The number of amides is 1. The fourth-order valence-electron chi connectivity index (χ4n) is 2.94. The summed E-state index contributed by atoms with van der Waals surface area (Å²) < 4.78 is 0. The Kier molecular flexibility index (Phi) is 5.18. The van der Waals surface area contributed by atoms with E-state index in [1.54, 1.807) is 0 Å². The highest BCUT2D eigenvalue weighted by Gasteiger charge is 2.25. The number of benzene rings is 1. The second kappa shape index (κ2) is 6.89. The van der Waals surface area contributed by atoms with Crippen molar-refractivity contribution in [3.8, 4) is 0 Å². The van der Waals surface area contributed by atoms with E-state index in [0.717, 1.165) is 32.4 Å². The standard InChI is InChI=1S/C17H26N2O/c1-13-7-6-8-15(14(13)2)11-16(12-18)17(20)19-9-4-3-5-10-19/h6-8,16H,3-5,9-12,18H2,1-2H3. The third kappa shape index (κ3) is 3.40. The lowest BCUT2D eigenvalue weighted by molar-refractivity contribution is -0.136. The number of hydrogen-bond acceptors (Lipinski definition) is 2. The van der Waals surface area contributed by atoms with Crippen molar-refractivity contribution in [1.82, 2.24) is 4.90 Å². The van der Waals surface area contributed by atoms with Gasteiger partial charge in [0.05, 0.1) is 5.92 Å². The van der Waals surface area contributed by atoms with Gasteiger partial charge in [0.2, 0.25) is 5.91 Å². The number of piperidine rings is 1. The molecule has 1 amide bonds. The van der Waals surface area contributed by atoms with Crippen LogP contribution in [0.15, 0.2) is 18.2 Å². The summed E-state index contributed by atoms with van der Waals surface area (Å²) >= 11 is 0. The van der Waals surface area contributed by atoms with Crippen LogP contribution in [0.5, 0.6) is 0 Å². The molecule has 3 nitrogen and oxygen atoms in total. The number of hydrogen-bond donors (Lipinski definition) is 1. The molecule has 0 bridgehead atoms. The minimum Gasteiger partial charge on any atom is -0.342 e. The second-order valence-electron chi connectivity index (χ2n) is 5.88. The van der Waals surface area contributed by atoms with Gasteiger partial charge in [-0.3, -0.25) is 4.79 Å². The van der Waals surface area contributed by atoms with Gasteiger partial charge in [0, 0.05) is 19.6 Å². The monoisotopic (exact) mass is 274 g/mol. The van der Waals surface area contributed by atoms with Crippen LogP contribution in [0.1, 0.15) is 36.0 Å². The molecule has 1 unspecified atom stereocenters. The lowest BCUT2D eigenvalue weighted by atomic mass is 9.92. The highest BCUT2D eigenvalue weighted by Crippen LogP contribution is 2.19. The number of likely N-dealkylation sites (tertiary alicyclic amines) is 1. The Morgan fingerprint density at radius 1 is 1.25 bits per heavy atom. The van der Waals surface area contributed by atoms with Crippen LogP contribution in [-0.2, 0) is 11.2 Å². The van der Waals surface area contributed by atoms with E-state index in [0.29, 0.717) is 6.54 Å². The summed E-state index contributed by atoms with van der Waals surface area (Å²) in [5.74, 6) is 0.168. The minimum atomic E-state index is -0.0754. The van der Waals surface area contributed by atoms with Gasteiger partial charge in [0.15, 0.2) is 0 Å². The minimum absolute atomic E-state index is 0.0754. The van der Waals surface area contributed by atoms with Gasteiger partial charge in [-0.1, -0.05) is 18.2 Å². The SMILES string of the molecule is Cc1cccc(CC(CN)C(=O)N2CCCCC2)c1C. The Morgan fingerprint density at radius 2 is 1.95 bits per heavy atom. The topological polar surface area (TPSA) is 46.3 Å². The van der Waals surface area contributed by atoms with Gasteiger partial charge in [0.25, 0.3) is 0 Å². The molecule has 0 aliphatic carbocycles. The zero-order valence-electron chi connectivity index (χ0n) is 12.7. The predicted molar refractivity (Wildman–Crippen MR) is 82.6 cm³/mol. The molecule has 1 aromatic carbocycles. The number of aryl methyl sites for hydroxylation is 1. The lowest BCUT2D eigenvalue weighted by Crippen LogP contribution is -2.42. The Balaban J connectivity index is 2.08. The molecular weight excluding hydrogens is 248 g/mol. The predicted octanol–water partition coefficient (Wildman–Crippen LogP) is 2.43. The molecule has 20 heavy (non-hydrogen) atoms. The van der Waals surface area contributed by atoms with E-state index in [9.17, 15) is 4.79 Å². The summed E-state index contributed by atoms with van der Waals surface area (Å²) in [6.45, 7) is 6.49. The molecule has 0 spiro atoms. The smallest absolute Gasteiger partial charge is 0.227 e. The Labute approximate surface area is 122 Å². The highest BCUT2D eigenvalue weighted by molar-refractivity contribution is 5.79. The third-order valence-electron chi connectivity index (χ3n) is 4.48. The van der Waals surface area contributed by atoms with Crippen molar-refractivity contribution in [2.45, 2.75) is 39.5 Å². The van der Waals surface area contributed by atoms with Crippen LogP contribution in [0.25, 0.3) is 0 Å². The largest absolute Gasteiger partial charge is 0.342 e. The van der Waals surface area contributed by atoms with Crippen molar-refractivity contribution in [2.75, 3.05) is 19.6 Å². The first-order valence-corrected chi connectivity index (χ1v) is 7.67. The van der Waals surface area contributed by atoms with E-state index in [4.69, 9.17) is 5.73 Å². The van der Waals surface area contributed by atoms with Crippen LogP contribution in [0.3, 0.4) is 0 Å². The average Bonchev–Trinajstić information content (AvgIpc) is 2.49. The Hall–Kier alpha value is -1.35. The Bertz CT molecular complexity index is 464. The second-order valence-corrected chi connectivity index (χ2v) is 5.88. The van der Waals surface area contributed by atoms with Crippen molar-refractivity contribution >= 4 is 5.91 Å². The zero-order chi connectivity index (χ0) is 14.5. The van der Waals surface area contributed by atoms with Crippen molar-refractivity contribution in [3.05, 3.63) is 34.9 Å². The molecular formula is C17H26N2O. The number of carbonyl (C=O) groups is 1. The summed E-state index contributed by atoms with van der Waals surface area (Å²) in [5, 5.41) is 0. The maximum Gasteiger partial charge on any atom is 0.227 e. The third-order valence-corrected chi connectivity index (χ3v) is 4.48. The fourth-order valence-corrected chi connectivity index (χ4v) is 2.94. The molecule has 0 radical (unpaired) electrons.